The number of anilines is 2. The van der Waals surface area contributed by atoms with E-state index < -0.39 is 11.9 Å². The van der Waals surface area contributed by atoms with Crippen molar-refractivity contribution in [1.82, 2.24) is 5.32 Å². The first-order valence-electron chi connectivity index (χ1n) is 10.8. The molecular weight excluding hydrogens is 408 g/mol. The number of carboxylic acids is 2. The van der Waals surface area contributed by atoms with Crippen LogP contribution in [0.25, 0.3) is 0 Å². The van der Waals surface area contributed by atoms with E-state index in [1.54, 1.807) is 0 Å². The van der Waals surface area contributed by atoms with Crippen LogP contribution < -0.4 is 15.0 Å². The van der Waals surface area contributed by atoms with Crippen LogP contribution in [-0.2, 0) is 9.59 Å². The number of benzene rings is 2. The van der Waals surface area contributed by atoms with Crippen LogP contribution in [0.15, 0.2) is 66.7 Å². The van der Waals surface area contributed by atoms with Crippen molar-refractivity contribution in [2.45, 2.75) is 39.7 Å². The van der Waals surface area contributed by atoms with E-state index in [4.69, 9.17) is 14.9 Å². The number of carbonyl (C=O) groups is 2. The zero-order valence-corrected chi connectivity index (χ0v) is 19.0. The van der Waals surface area contributed by atoms with Crippen molar-refractivity contribution in [2.75, 3.05) is 24.5 Å². The first-order valence-corrected chi connectivity index (χ1v) is 10.8. The van der Waals surface area contributed by atoms with Gasteiger partial charge in [-0.15, -0.1) is 0 Å². The van der Waals surface area contributed by atoms with Crippen molar-refractivity contribution >= 4 is 23.3 Å². The maximum Gasteiger partial charge on any atom is 0.328 e. The average Bonchev–Trinajstić information content (AvgIpc) is 2.79. The van der Waals surface area contributed by atoms with Crippen LogP contribution in [0.1, 0.15) is 33.6 Å². The van der Waals surface area contributed by atoms with Crippen LogP contribution in [0.3, 0.4) is 0 Å². The molecule has 0 saturated heterocycles. The maximum atomic E-state index is 9.55. The van der Waals surface area contributed by atoms with Crippen LogP contribution in [-0.4, -0.2) is 47.9 Å². The summed E-state index contributed by atoms with van der Waals surface area (Å²) in [6.45, 7) is 9.71. The molecule has 0 amide bonds. The van der Waals surface area contributed by atoms with Gasteiger partial charge < -0.3 is 25.2 Å². The predicted molar refractivity (Wildman–Crippen MR) is 128 cm³/mol. The van der Waals surface area contributed by atoms with Crippen LogP contribution in [0.5, 0.6) is 5.75 Å². The van der Waals surface area contributed by atoms with E-state index in [2.05, 4.69) is 61.3 Å². The van der Waals surface area contributed by atoms with Crippen LogP contribution in [0.4, 0.5) is 11.4 Å². The Morgan fingerprint density at radius 2 is 1.50 bits per heavy atom. The topological polar surface area (TPSA) is 99.1 Å². The third-order valence-corrected chi connectivity index (χ3v) is 4.21. The van der Waals surface area contributed by atoms with E-state index in [0.717, 1.165) is 18.0 Å². The second-order valence-electron chi connectivity index (χ2n) is 7.10. The molecule has 0 spiro atoms. The Labute approximate surface area is 190 Å². The van der Waals surface area contributed by atoms with Gasteiger partial charge in [0.1, 0.15) is 11.9 Å². The molecule has 0 aliphatic carbocycles. The minimum Gasteiger partial charge on any atom is -0.487 e. The van der Waals surface area contributed by atoms with Crippen molar-refractivity contribution in [3.63, 3.8) is 0 Å². The molecule has 0 fully saturated rings. The lowest BCUT2D eigenvalue weighted by Crippen LogP contribution is -2.35. The molecule has 0 bridgehead atoms. The van der Waals surface area contributed by atoms with Crippen LogP contribution >= 0.6 is 0 Å². The Morgan fingerprint density at radius 3 is 2.03 bits per heavy atom. The van der Waals surface area contributed by atoms with E-state index in [0.29, 0.717) is 12.2 Å². The van der Waals surface area contributed by atoms with Gasteiger partial charge in [-0.25, -0.2) is 9.59 Å². The monoisotopic (exact) mass is 442 g/mol. The quantitative estimate of drug-likeness (QED) is 0.422. The largest absolute Gasteiger partial charge is 0.487 e. The third-order valence-electron chi connectivity index (χ3n) is 4.21. The first kappa shape index (κ1) is 26.7. The molecule has 1 aliphatic heterocycles. The van der Waals surface area contributed by atoms with Gasteiger partial charge in [-0.2, -0.15) is 0 Å². The summed E-state index contributed by atoms with van der Waals surface area (Å²) in [5.41, 5.74) is 2.37. The SMILES string of the molecule is CC1CN(c2ccccc2)c2ccccc2O1.CCCNCCC.O=C(O)C=CC(=O)O. The van der Waals surface area contributed by atoms with Gasteiger partial charge in [0.2, 0.25) is 0 Å². The number of nitrogens with zero attached hydrogens (tertiary/aromatic N) is 1. The lowest BCUT2D eigenvalue weighted by molar-refractivity contribution is -0.134. The number of carboxylic acid groups (broad SMARTS) is 2. The Balaban J connectivity index is 0.000000288. The highest BCUT2D eigenvalue weighted by molar-refractivity contribution is 5.89. The van der Waals surface area contributed by atoms with Crippen molar-refractivity contribution in [1.29, 1.82) is 0 Å². The number of hydrogen-bond acceptors (Lipinski definition) is 5. The third kappa shape index (κ3) is 10.6. The molecule has 3 N–H and O–H groups in total. The Morgan fingerprint density at radius 1 is 0.969 bits per heavy atom. The van der Waals surface area contributed by atoms with E-state index in [1.165, 1.54) is 31.6 Å². The second-order valence-corrected chi connectivity index (χ2v) is 7.10. The molecule has 0 radical (unpaired) electrons. The first-order chi connectivity index (χ1) is 15.4. The molecule has 1 heterocycles. The van der Waals surface area contributed by atoms with E-state index >= 15 is 0 Å². The van der Waals surface area contributed by atoms with Gasteiger partial charge in [-0.05, 0) is 57.1 Å². The molecule has 2 aromatic carbocycles. The molecule has 32 heavy (non-hydrogen) atoms. The molecule has 7 heteroatoms. The van der Waals surface area contributed by atoms with E-state index in [-0.39, 0.29) is 6.10 Å². The summed E-state index contributed by atoms with van der Waals surface area (Å²) in [4.78, 5) is 21.4. The molecule has 2 aromatic rings. The smallest absolute Gasteiger partial charge is 0.328 e. The number of rotatable bonds is 7. The summed E-state index contributed by atoms with van der Waals surface area (Å²) in [6.07, 6.45) is 3.83. The van der Waals surface area contributed by atoms with Gasteiger partial charge in [0, 0.05) is 17.8 Å². The molecule has 1 aliphatic rings. The van der Waals surface area contributed by atoms with Gasteiger partial charge in [-0.1, -0.05) is 44.2 Å². The van der Waals surface area contributed by atoms with Crippen molar-refractivity contribution in [2.24, 2.45) is 0 Å². The highest BCUT2D eigenvalue weighted by atomic mass is 16.5. The van der Waals surface area contributed by atoms with Crippen molar-refractivity contribution in [3.8, 4) is 5.75 Å². The molecule has 174 valence electrons. The zero-order valence-electron chi connectivity index (χ0n) is 19.0. The van der Waals surface area contributed by atoms with E-state index in [1.807, 2.05) is 24.3 Å². The average molecular weight is 443 g/mol. The summed E-state index contributed by atoms with van der Waals surface area (Å²) in [5, 5.41) is 18.9. The summed E-state index contributed by atoms with van der Waals surface area (Å²) in [6, 6.07) is 18.6. The number of aliphatic carboxylic acids is 2. The lowest BCUT2D eigenvalue weighted by atomic mass is 10.1. The van der Waals surface area contributed by atoms with Crippen molar-refractivity contribution in [3.05, 3.63) is 66.7 Å². The normalized spacial score (nSPS) is 14.2. The predicted octanol–water partition coefficient (Wildman–Crippen LogP) is 4.71. The summed E-state index contributed by atoms with van der Waals surface area (Å²) in [7, 11) is 0. The van der Waals surface area contributed by atoms with E-state index in [9.17, 15) is 9.59 Å². The van der Waals surface area contributed by atoms with Crippen LogP contribution in [0.2, 0.25) is 0 Å². The van der Waals surface area contributed by atoms with Crippen molar-refractivity contribution < 1.29 is 24.5 Å². The number of para-hydroxylation sites is 3. The molecule has 1 atom stereocenters. The lowest BCUT2D eigenvalue weighted by Gasteiger charge is -2.34. The van der Waals surface area contributed by atoms with Gasteiger partial charge in [0.05, 0.1) is 12.2 Å². The minimum atomic E-state index is -1.26. The second kappa shape index (κ2) is 15.5. The fourth-order valence-electron chi connectivity index (χ4n) is 2.86. The highest BCUT2D eigenvalue weighted by Crippen LogP contribution is 2.37. The molecule has 0 aromatic heterocycles. The van der Waals surface area contributed by atoms with Gasteiger partial charge in [0.15, 0.2) is 0 Å². The summed E-state index contributed by atoms with van der Waals surface area (Å²) < 4.78 is 5.84. The summed E-state index contributed by atoms with van der Waals surface area (Å²) >= 11 is 0. The number of hydrogen-bond donors (Lipinski definition) is 3. The molecular formula is C25H34N2O5. The Kier molecular flexibility index (Phi) is 12.9. The molecule has 0 saturated carbocycles. The van der Waals surface area contributed by atoms with Gasteiger partial charge >= 0.3 is 11.9 Å². The molecule has 7 nitrogen and oxygen atoms in total. The fourth-order valence-corrected chi connectivity index (χ4v) is 2.86. The number of ether oxygens (including phenoxy) is 1. The highest BCUT2D eigenvalue weighted by Gasteiger charge is 2.23. The van der Waals surface area contributed by atoms with Gasteiger partial charge in [-0.3, -0.25) is 0 Å². The molecule has 3 rings (SSSR count). The van der Waals surface area contributed by atoms with Gasteiger partial charge in [0.25, 0.3) is 0 Å². The minimum absolute atomic E-state index is 0.213. The standard InChI is InChI=1S/C15H15NO.C6H15N.C4H4O4/c1-12-11-16(13-7-3-2-4-8-13)14-9-5-6-10-15(14)17-12;1-3-5-7-6-4-2;5-3(6)1-2-4(7)8/h2-10,12H,11H2,1H3;7H,3-6H2,1-2H3;1-2H,(H,5,6)(H,7,8). The summed E-state index contributed by atoms with van der Waals surface area (Å²) in [5.74, 6) is -1.55. The number of fused-ring (bicyclic) bond motifs is 1. The number of nitrogens with one attached hydrogen (secondary N) is 1. The fraction of sp³-hybridized carbons (Fsp3) is 0.360. The Bertz CT molecular complexity index is 819. The Hall–Kier alpha value is -3.32. The molecule has 1 unspecified atom stereocenters. The maximum absolute atomic E-state index is 9.55. The van der Waals surface area contributed by atoms with Crippen LogP contribution in [0, 0.1) is 0 Å². The zero-order chi connectivity index (χ0) is 23.8.